The van der Waals surface area contributed by atoms with Crippen LogP contribution in [-0.2, 0) is 0 Å². The van der Waals surface area contributed by atoms with Crippen molar-refractivity contribution < 1.29 is 4.74 Å². The van der Waals surface area contributed by atoms with Crippen LogP contribution in [0.15, 0.2) is 24.3 Å². The van der Waals surface area contributed by atoms with Crippen LogP contribution >= 0.6 is 0 Å². The summed E-state index contributed by atoms with van der Waals surface area (Å²) >= 11 is 0. The van der Waals surface area contributed by atoms with Crippen molar-refractivity contribution in [3.63, 3.8) is 0 Å². The summed E-state index contributed by atoms with van der Waals surface area (Å²) in [5.74, 6) is 1.70. The molecule has 96 valence electrons. The molecule has 1 aromatic heterocycles. The van der Waals surface area contributed by atoms with E-state index in [1.165, 1.54) is 0 Å². The van der Waals surface area contributed by atoms with Crippen molar-refractivity contribution in [3.8, 4) is 11.4 Å². The minimum absolute atomic E-state index is 0.360. The van der Waals surface area contributed by atoms with Crippen molar-refractivity contribution in [2.45, 2.75) is 13.3 Å². The third kappa shape index (κ3) is 2.53. The Morgan fingerprint density at radius 3 is 2.67 bits per heavy atom. The van der Waals surface area contributed by atoms with Gasteiger partial charge in [-0.05, 0) is 30.7 Å². The molecule has 0 aliphatic rings. The van der Waals surface area contributed by atoms with Gasteiger partial charge in [-0.1, -0.05) is 6.92 Å². The van der Waals surface area contributed by atoms with Crippen LogP contribution in [0.2, 0.25) is 0 Å². The Kier molecular flexibility index (Phi) is 3.66. The highest BCUT2D eigenvalue weighted by Gasteiger charge is 2.08. The molecule has 18 heavy (non-hydrogen) atoms. The molecular formula is C12H17N5O. The SMILES string of the molecule is CCCNc1nc(N)n(-c2ccc(OC)cc2)n1. The molecule has 0 fully saturated rings. The summed E-state index contributed by atoms with van der Waals surface area (Å²) in [6, 6.07) is 7.48. The van der Waals surface area contributed by atoms with Gasteiger partial charge in [-0.2, -0.15) is 9.67 Å². The predicted molar refractivity (Wildman–Crippen MR) is 71.1 cm³/mol. The molecule has 0 spiro atoms. The average molecular weight is 247 g/mol. The number of nitrogens with one attached hydrogen (secondary N) is 1. The van der Waals surface area contributed by atoms with E-state index in [2.05, 4.69) is 22.3 Å². The number of methoxy groups -OCH3 is 1. The van der Waals surface area contributed by atoms with Gasteiger partial charge in [0.2, 0.25) is 11.9 Å². The van der Waals surface area contributed by atoms with Gasteiger partial charge in [-0.3, -0.25) is 0 Å². The first-order chi connectivity index (χ1) is 8.74. The molecule has 0 radical (unpaired) electrons. The summed E-state index contributed by atoms with van der Waals surface area (Å²) < 4.78 is 6.70. The molecule has 0 aliphatic heterocycles. The molecule has 2 aromatic rings. The average Bonchev–Trinajstić information content (AvgIpc) is 2.78. The van der Waals surface area contributed by atoms with Gasteiger partial charge in [0, 0.05) is 6.54 Å². The highest BCUT2D eigenvalue weighted by atomic mass is 16.5. The number of hydrogen-bond donors (Lipinski definition) is 2. The molecule has 3 N–H and O–H groups in total. The van der Waals surface area contributed by atoms with E-state index in [-0.39, 0.29) is 0 Å². The van der Waals surface area contributed by atoms with Crippen molar-refractivity contribution in [3.05, 3.63) is 24.3 Å². The van der Waals surface area contributed by atoms with E-state index in [4.69, 9.17) is 10.5 Å². The molecule has 0 amide bonds. The van der Waals surface area contributed by atoms with E-state index in [1.807, 2.05) is 24.3 Å². The number of ether oxygens (including phenoxy) is 1. The predicted octanol–water partition coefficient (Wildman–Crippen LogP) is 1.68. The minimum atomic E-state index is 0.360. The maximum atomic E-state index is 5.83. The molecule has 0 saturated carbocycles. The summed E-state index contributed by atoms with van der Waals surface area (Å²) in [6.07, 6.45) is 1.01. The van der Waals surface area contributed by atoms with Crippen LogP contribution < -0.4 is 15.8 Å². The number of anilines is 2. The van der Waals surface area contributed by atoms with Crippen molar-refractivity contribution >= 4 is 11.9 Å². The zero-order valence-corrected chi connectivity index (χ0v) is 10.6. The van der Waals surface area contributed by atoms with E-state index in [0.29, 0.717) is 11.9 Å². The third-order valence-electron chi connectivity index (χ3n) is 2.48. The molecule has 6 nitrogen and oxygen atoms in total. The lowest BCUT2D eigenvalue weighted by atomic mass is 10.3. The first-order valence-corrected chi connectivity index (χ1v) is 5.85. The lowest BCUT2D eigenvalue weighted by Gasteiger charge is -2.03. The van der Waals surface area contributed by atoms with Gasteiger partial charge in [-0.25, -0.2) is 0 Å². The standard InChI is InChI=1S/C12H17N5O/c1-3-8-14-12-15-11(13)17(16-12)9-4-6-10(18-2)7-5-9/h4-7H,3,8H2,1-2H3,(H3,13,14,15,16). The maximum absolute atomic E-state index is 5.83. The zero-order valence-electron chi connectivity index (χ0n) is 10.6. The summed E-state index contributed by atoms with van der Waals surface area (Å²) in [5, 5.41) is 7.40. The summed E-state index contributed by atoms with van der Waals surface area (Å²) in [6.45, 7) is 2.91. The van der Waals surface area contributed by atoms with Crippen LogP contribution in [0, 0.1) is 0 Å². The maximum Gasteiger partial charge on any atom is 0.244 e. The second-order valence-electron chi connectivity index (χ2n) is 3.83. The summed E-state index contributed by atoms with van der Waals surface area (Å²) in [5.41, 5.74) is 6.69. The molecular weight excluding hydrogens is 230 g/mol. The summed E-state index contributed by atoms with van der Waals surface area (Å²) in [4.78, 5) is 4.15. The largest absolute Gasteiger partial charge is 0.497 e. The highest BCUT2D eigenvalue weighted by Crippen LogP contribution is 2.17. The van der Waals surface area contributed by atoms with Crippen LogP contribution in [0.3, 0.4) is 0 Å². The minimum Gasteiger partial charge on any atom is -0.497 e. The van der Waals surface area contributed by atoms with Crippen LogP contribution in [0.5, 0.6) is 5.75 Å². The van der Waals surface area contributed by atoms with Gasteiger partial charge in [0.1, 0.15) is 5.75 Å². The van der Waals surface area contributed by atoms with E-state index >= 15 is 0 Å². The molecule has 0 atom stereocenters. The molecule has 2 rings (SSSR count). The zero-order chi connectivity index (χ0) is 13.0. The molecule has 0 saturated heterocycles. The van der Waals surface area contributed by atoms with E-state index in [9.17, 15) is 0 Å². The van der Waals surface area contributed by atoms with Crippen LogP contribution in [0.4, 0.5) is 11.9 Å². The quantitative estimate of drug-likeness (QED) is 0.840. The van der Waals surface area contributed by atoms with Crippen LogP contribution in [0.25, 0.3) is 5.69 Å². The molecule has 6 heteroatoms. The van der Waals surface area contributed by atoms with Gasteiger partial charge in [0.15, 0.2) is 0 Å². The Bertz CT molecular complexity index is 506. The Hall–Kier alpha value is -2.24. The molecule has 0 aliphatic carbocycles. The van der Waals surface area contributed by atoms with Crippen molar-refractivity contribution in [2.75, 3.05) is 24.7 Å². The van der Waals surface area contributed by atoms with Crippen molar-refractivity contribution in [1.82, 2.24) is 14.8 Å². The number of aromatic nitrogens is 3. The molecule has 1 heterocycles. The lowest BCUT2D eigenvalue weighted by Crippen LogP contribution is -2.03. The second kappa shape index (κ2) is 5.39. The smallest absolute Gasteiger partial charge is 0.244 e. The second-order valence-corrected chi connectivity index (χ2v) is 3.83. The van der Waals surface area contributed by atoms with Gasteiger partial charge in [0.05, 0.1) is 12.8 Å². The number of nitrogens with zero attached hydrogens (tertiary/aromatic N) is 3. The first-order valence-electron chi connectivity index (χ1n) is 5.85. The number of nitrogens with two attached hydrogens (primary N) is 1. The molecule has 0 bridgehead atoms. The van der Waals surface area contributed by atoms with Gasteiger partial charge in [-0.15, -0.1) is 5.10 Å². The number of benzene rings is 1. The Labute approximate surface area is 106 Å². The summed E-state index contributed by atoms with van der Waals surface area (Å²) in [7, 11) is 1.63. The van der Waals surface area contributed by atoms with Crippen molar-refractivity contribution in [2.24, 2.45) is 0 Å². The van der Waals surface area contributed by atoms with E-state index in [1.54, 1.807) is 11.8 Å². The Balaban J connectivity index is 2.23. The lowest BCUT2D eigenvalue weighted by molar-refractivity contribution is 0.414. The fraction of sp³-hybridized carbons (Fsp3) is 0.333. The van der Waals surface area contributed by atoms with Crippen molar-refractivity contribution in [1.29, 1.82) is 0 Å². The van der Waals surface area contributed by atoms with Gasteiger partial charge >= 0.3 is 0 Å². The van der Waals surface area contributed by atoms with E-state index < -0.39 is 0 Å². The highest BCUT2D eigenvalue weighted by molar-refractivity contribution is 5.43. The number of hydrogen-bond acceptors (Lipinski definition) is 5. The third-order valence-corrected chi connectivity index (χ3v) is 2.48. The Morgan fingerprint density at radius 2 is 2.06 bits per heavy atom. The normalized spacial score (nSPS) is 10.3. The van der Waals surface area contributed by atoms with Crippen LogP contribution in [0.1, 0.15) is 13.3 Å². The fourth-order valence-electron chi connectivity index (χ4n) is 1.55. The monoisotopic (exact) mass is 247 g/mol. The topological polar surface area (TPSA) is 78.0 Å². The number of rotatable bonds is 5. The molecule has 1 aromatic carbocycles. The van der Waals surface area contributed by atoms with Crippen LogP contribution in [-0.4, -0.2) is 28.4 Å². The van der Waals surface area contributed by atoms with Gasteiger partial charge < -0.3 is 15.8 Å². The molecule has 0 unspecified atom stereocenters. The van der Waals surface area contributed by atoms with Gasteiger partial charge in [0.25, 0.3) is 0 Å². The first kappa shape index (κ1) is 12.2. The Morgan fingerprint density at radius 1 is 1.33 bits per heavy atom. The fourth-order valence-corrected chi connectivity index (χ4v) is 1.55. The van der Waals surface area contributed by atoms with E-state index in [0.717, 1.165) is 24.4 Å². The number of nitrogen functional groups attached to an aromatic ring is 1.